The van der Waals surface area contributed by atoms with Gasteiger partial charge in [0, 0.05) is 56.6 Å². The van der Waals surface area contributed by atoms with Gasteiger partial charge in [-0.25, -0.2) is 0 Å². The molecule has 1 aromatic heterocycles. The minimum Gasteiger partial charge on any atom is -0.496 e. The maximum atomic E-state index is 5.56. The van der Waals surface area contributed by atoms with Gasteiger partial charge in [0.1, 0.15) is 5.75 Å². The van der Waals surface area contributed by atoms with Crippen molar-refractivity contribution in [2.24, 2.45) is 0 Å². The van der Waals surface area contributed by atoms with Crippen LogP contribution in [0.2, 0.25) is 0 Å². The third-order valence-corrected chi connectivity index (χ3v) is 4.86. The largest absolute Gasteiger partial charge is 0.496 e. The second-order valence-corrected chi connectivity index (χ2v) is 6.73. The zero-order valence-corrected chi connectivity index (χ0v) is 16.1. The number of aryl methyl sites for hydroxylation is 2. The Balaban J connectivity index is 1.60. The molecular weight excluding hydrogens is 328 g/mol. The number of aromatic nitrogens is 2. The third-order valence-electron chi connectivity index (χ3n) is 4.86. The van der Waals surface area contributed by atoms with Gasteiger partial charge >= 0.3 is 0 Å². The molecule has 0 spiro atoms. The molecule has 1 aliphatic rings. The van der Waals surface area contributed by atoms with Crippen LogP contribution in [0, 0.1) is 6.92 Å². The summed E-state index contributed by atoms with van der Waals surface area (Å²) in [5.74, 6) is 0.959. The molecule has 6 heteroatoms. The zero-order valence-electron chi connectivity index (χ0n) is 16.1. The second kappa shape index (κ2) is 9.16. The predicted molar refractivity (Wildman–Crippen MR) is 102 cm³/mol. The summed E-state index contributed by atoms with van der Waals surface area (Å²) >= 11 is 0. The van der Waals surface area contributed by atoms with Crippen LogP contribution < -0.4 is 10.1 Å². The van der Waals surface area contributed by atoms with E-state index in [4.69, 9.17) is 9.47 Å². The molecule has 2 heterocycles. The molecule has 1 N–H and O–H groups in total. The van der Waals surface area contributed by atoms with Crippen molar-refractivity contribution < 1.29 is 9.47 Å². The summed E-state index contributed by atoms with van der Waals surface area (Å²) in [6.45, 7) is 11.2. The number of hydrogen-bond donors (Lipinski definition) is 1. The molecule has 1 saturated heterocycles. The lowest BCUT2D eigenvalue weighted by Gasteiger charge is -2.27. The number of nitrogens with zero attached hydrogens (tertiary/aromatic N) is 3. The average Bonchev–Trinajstić information content (AvgIpc) is 3.03. The van der Waals surface area contributed by atoms with E-state index in [9.17, 15) is 0 Å². The van der Waals surface area contributed by atoms with Crippen LogP contribution in [0.25, 0.3) is 0 Å². The summed E-state index contributed by atoms with van der Waals surface area (Å²) in [5.41, 5.74) is 4.87. The first-order valence-corrected chi connectivity index (χ1v) is 9.39. The highest BCUT2D eigenvalue weighted by molar-refractivity contribution is 5.37. The molecule has 0 bridgehead atoms. The number of benzene rings is 1. The highest BCUT2D eigenvalue weighted by Gasteiger charge is 2.14. The Hall–Kier alpha value is -1.89. The fourth-order valence-electron chi connectivity index (χ4n) is 3.30. The van der Waals surface area contributed by atoms with Crippen LogP contribution in [0.3, 0.4) is 0 Å². The van der Waals surface area contributed by atoms with E-state index in [0.29, 0.717) is 0 Å². The Kier molecular flexibility index (Phi) is 6.66. The van der Waals surface area contributed by atoms with Gasteiger partial charge in [0.2, 0.25) is 0 Å². The van der Waals surface area contributed by atoms with Crippen molar-refractivity contribution in [1.29, 1.82) is 0 Å². The van der Waals surface area contributed by atoms with E-state index in [1.54, 1.807) is 7.11 Å². The van der Waals surface area contributed by atoms with Gasteiger partial charge in [-0.3, -0.25) is 9.58 Å². The Morgan fingerprint density at radius 3 is 2.69 bits per heavy atom. The van der Waals surface area contributed by atoms with E-state index in [1.807, 2.05) is 4.68 Å². The maximum Gasteiger partial charge on any atom is 0.123 e. The molecule has 0 unspecified atom stereocenters. The van der Waals surface area contributed by atoms with E-state index >= 15 is 0 Å². The van der Waals surface area contributed by atoms with Gasteiger partial charge in [0.05, 0.1) is 26.0 Å². The molecule has 2 aromatic rings. The molecule has 0 atom stereocenters. The summed E-state index contributed by atoms with van der Waals surface area (Å²) in [4.78, 5) is 2.42. The van der Waals surface area contributed by atoms with Crippen molar-refractivity contribution in [2.75, 3.05) is 33.4 Å². The number of rotatable bonds is 8. The van der Waals surface area contributed by atoms with Crippen LogP contribution in [-0.4, -0.2) is 48.1 Å². The summed E-state index contributed by atoms with van der Waals surface area (Å²) < 4.78 is 13.0. The SMILES string of the molecule is CCn1cc(CNCc2ccc(OC)c(CN3CCOCC3)c2)c(C)n1. The van der Waals surface area contributed by atoms with Gasteiger partial charge in [0.15, 0.2) is 0 Å². The molecule has 142 valence electrons. The Bertz CT molecular complexity index is 708. The van der Waals surface area contributed by atoms with Crippen LogP contribution in [0.15, 0.2) is 24.4 Å². The molecule has 1 aromatic carbocycles. The fourth-order valence-corrected chi connectivity index (χ4v) is 3.30. The van der Waals surface area contributed by atoms with Gasteiger partial charge in [-0.05, 0) is 31.5 Å². The average molecular weight is 358 g/mol. The van der Waals surface area contributed by atoms with Gasteiger partial charge in [-0.15, -0.1) is 0 Å². The second-order valence-electron chi connectivity index (χ2n) is 6.73. The lowest BCUT2D eigenvalue weighted by atomic mass is 10.1. The molecule has 1 fully saturated rings. The summed E-state index contributed by atoms with van der Waals surface area (Å²) in [5, 5.41) is 8.04. The van der Waals surface area contributed by atoms with E-state index in [0.717, 1.165) is 63.9 Å². The van der Waals surface area contributed by atoms with E-state index in [-0.39, 0.29) is 0 Å². The van der Waals surface area contributed by atoms with Crippen molar-refractivity contribution in [3.63, 3.8) is 0 Å². The number of ether oxygens (including phenoxy) is 2. The van der Waals surface area contributed by atoms with Crippen molar-refractivity contribution in [1.82, 2.24) is 20.0 Å². The van der Waals surface area contributed by atoms with Crippen LogP contribution in [0.4, 0.5) is 0 Å². The van der Waals surface area contributed by atoms with Gasteiger partial charge in [0.25, 0.3) is 0 Å². The molecule has 0 radical (unpaired) electrons. The Morgan fingerprint density at radius 2 is 2.00 bits per heavy atom. The molecular formula is C20H30N4O2. The zero-order chi connectivity index (χ0) is 18.4. The molecule has 1 aliphatic heterocycles. The van der Waals surface area contributed by atoms with Crippen LogP contribution in [0.5, 0.6) is 5.75 Å². The molecule has 0 amide bonds. The minimum absolute atomic E-state index is 0.814. The van der Waals surface area contributed by atoms with E-state index in [1.165, 1.54) is 16.7 Å². The normalized spacial score (nSPS) is 15.3. The third kappa shape index (κ3) is 4.84. The highest BCUT2D eigenvalue weighted by atomic mass is 16.5. The minimum atomic E-state index is 0.814. The predicted octanol–water partition coefficient (Wildman–Crippen LogP) is 2.34. The lowest BCUT2D eigenvalue weighted by molar-refractivity contribution is 0.0339. The van der Waals surface area contributed by atoms with Crippen molar-refractivity contribution in [3.05, 3.63) is 46.8 Å². The highest BCUT2D eigenvalue weighted by Crippen LogP contribution is 2.22. The quantitative estimate of drug-likeness (QED) is 0.785. The monoisotopic (exact) mass is 358 g/mol. The first-order valence-electron chi connectivity index (χ1n) is 9.39. The van der Waals surface area contributed by atoms with Crippen molar-refractivity contribution >= 4 is 0 Å². The first-order chi connectivity index (χ1) is 12.7. The molecule has 0 saturated carbocycles. The maximum absolute atomic E-state index is 5.56. The fraction of sp³-hybridized carbons (Fsp3) is 0.550. The number of morpholine rings is 1. The van der Waals surface area contributed by atoms with Gasteiger partial charge < -0.3 is 14.8 Å². The van der Waals surface area contributed by atoms with E-state index in [2.05, 4.69) is 53.6 Å². The summed E-state index contributed by atoms with van der Waals surface area (Å²) in [6.07, 6.45) is 2.13. The van der Waals surface area contributed by atoms with Crippen LogP contribution >= 0.6 is 0 Å². The molecule has 0 aliphatic carbocycles. The molecule has 6 nitrogen and oxygen atoms in total. The number of nitrogens with one attached hydrogen (secondary N) is 1. The van der Waals surface area contributed by atoms with Gasteiger partial charge in [-0.1, -0.05) is 6.07 Å². The molecule has 3 rings (SSSR count). The smallest absolute Gasteiger partial charge is 0.123 e. The van der Waals surface area contributed by atoms with Gasteiger partial charge in [-0.2, -0.15) is 5.10 Å². The summed E-state index contributed by atoms with van der Waals surface area (Å²) in [7, 11) is 1.74. The van der Waals surface area contributed by atoms with Crippen LogP contribution in [-0.2, 0) is 30.9 Å². The first kappa shape index (κ1) is 18.9. The topological polar surface area (TPSA) is 51.5 Å². The lowest BCUT2D eigenvalue weighted by Crippen LogP contribution is -2.35. The Labute approximate surface area is 156 Å². The Morgan fingerprint density at radius 1 is 1.19 bits per heavy atom. The summed E-state index contributed by atoms with van der Waals surface area (Å²) in [6, 6.07) is 6.47. The van der Waals surface area contributed by atoms with Crippen molar-refractivity contribution in [2.45, 2.75) is 40.0 Å². The van der Waals surface area contributed by atoms with Crippen molar-refractivity contribution in [3.8, 4) is 5.75 Å². The number of hydrogen-bond acceptors (Lipinski definition) is 5. The van der Waals surface area contributed by atoms with Crippen LogP contribution in [0.1, 0.15) is 29.3 Å². The molecule has 26 heavy (non-hydrogen) atoms. The van der Waals surface area contributed by atoms with E-state index < -0.39 is 0 Å². The standard InChI is InChI=1S/C20H30N4O2/c1-4-24-15-19(16(2)22-24)13-21-12-17-5-6-20(25-3)18(11-17)14-23-7-9-26-10-8-23/h5-6,11,15,21H,4,7-10,12-14H2,1-3H3. The number of methoxy groups -OCH3 is 1.